The van der Waals surface area contributed by atoms with E-state index in [0.717, 1.165) is 12.0 Å². The summed E-state index contributed by atoms with van der Waals surface area (Å²) in [7, 11) is 1.85. The first-order valence-corrected chi connectivity index (χ1v) is 7.95. The standard InChI is InChI=1S/C18H23N3O2/c1-13-5-7-14(8-6-13)18(11-17(18,2)3)16(22)21(4)10-9-15-19-12-23-20-15/h5-8,12H,9-11H2,1-4H3/t18-/m0/s1. The Hall–Kier alpha value is -2.17. The number of carbonyl (C=O) groups excluding carboxylic acids is 1. The number of hydrogen-bond donors (Lipinski definition) is 0. The lowest BCUT2D eigenvalue weighted by Crippen LogP contribution is -2.40. The quantitative estimate of drug-likeness (QED) is 0.851. The monoisotopic (exact) mass is 313 g/mol. The first-order valence-electron chi connectivity index (χ1n) is 7.95. The molecule has 2 aromatic rings. The number of carbonyl (C=O) groups is 1. The maximum atomic E-state index is 13.1. The van der Waals surface area contributed by atoms with Crippen LogP contribution in [0.15, 0.2) is 35.2 Å². The lowest BCUT2D eigenvalue weighted by Gasteiger charge is -2.27. The zero-order valence-corrected chi connectivity index (χ0v) is 14.2. The second kappa shape index (κ2) is 5.48. The zero-order valence-electron chi connectivity index (χ0n) is 14.2. The Kier molecular flexibility index (Phi) is 3.74. The van der Waals surface area contributed by atoms with Gasteiger partial charge in [0.1, 0.15) is 0 Å². The predicted molar refractivity (Wildman–Crippen MR) is 86.9 cm³/mol. The fourth-order valence-corrected chi connectivity index (χ4v) is 3.44. The van der Waals surface area contributed by atoms with Crippen molar-refractivity contribution in [3.05, 3.63) is 47.6 Å². The zero-order chi connectivity index (χ0) is 16.7. The van der Waals surface area contributed by atoms with E-state index in [4.69, 9.17) is 4.52 Å². The maximum Gasteiger partial charge on any atom is 0.233 e. The van der Waals surface area contributed by atoms with Crippen LogP contribution < -0.4 is 0 Å². The number of aromatic nitrogens is 2. The molecule has 1 aromatic heterocycles. The van der Waals surface area contributed by atoms with E-state index in [-0.39, 0.29) is 11.3 Å². The molecule has 1 saturated carbocycles. The number of aryl methyl sites for hydroxylation is 1. The lowest BCUT2D eigenvalue weighted by atomic mass is 9.86. The summed E-state index contributed by atoms with van der Waals surface area (Å²) >= 11 is 0. The molecule has 5 nitrogen and oxygen atoms in total. The Labute approximate surface area is 136 Å². The highest BCUT2D eigenvalue weighted by atomic mass is 16.5. The van der Waals surface area contributed by atoms with E-state index < -0.39 is 5.41 Å². The predicted octanol–water partition coefficient (Wildman–Crippen LogP) is 2.75. The number of hydrogen-bond acceptors (Lipinski definition) is 4. The fourth-order valence-electron chi connectivity index (χ4n) is 3.44. The smallest absolute Gasteiger partial charge is 0.233 e. The second-order valence-corrected chi connectivity index (χ2v) is 7.16. The minimum absolute atomic E-state index is 0.0141. The largest absolute Gasteiger partial charge is 0.345 e. The van der Waals surface area contributed by atoms with Crippen molar-refractivity contribution in [1.82, 2.24) is 15.0 Å². The summed E-state index contributed by atoms with van der Waals surface area (Å²) in [5.41, 5.74) is 1.90. The van der Waals surface area contributed by atoms with Crippen molar-refractivity contribution in [3.63, 3.8) is 0 Å². The Morgan fingerprint density at radius 2 is 1.96 bits per heavy atom. The van der Waals surface area contributed by atoms with Crippen molar-refractivity contribution in [2.75, 3.05) is 13.6 Å². The lowest BCUT2D eigenvalue weighted by molar-refractivity contribution is -0.133. The van der Waals surface area contributed by atoms with Gasteiger partial charge in [-0.25, -0.2) is 0 Å². The van der Waals surface area contributed by atoms with Gasteiger partial charge < -0.3 is 9.42 Å². The highest BCUT2D eigenvalue weighted by Gasteiger charge is 2.67. The molecular weight excluding hydrogens is 290 g/mol. The third kappa shape index (κ3) is 2.64. The van der Waals surface area contributed by atoms with Gasteiger partial charge in [0.15, 0.2) is 5.82 Å². The SMILES string of the molecule is Cc1ccc([C@]2(C(=O)N(C)CCc3ncon3)CC2(C)C)cc1. The molecule has 1 fully saturated rings. The highest BCUT2D eigenvalue weighted by Crippen LogP contribution is 2.65. The third-order valence-corrected chi connectivity index (χ3v) is 5.07. The minimum atomic E-state index is -0.410. The molecule has 0 spiro atoms. The van der Waals surface area contributed by atoms with E-state index >= 15 is 0 Å². The molecular formula is C18H23N3O2. The van der Waals surface area contributed by atoms with E-state index in [1.54, 1.807) is 4.90 Å². The minimum Gasteiger partial charge on any atom is -0.345 e. The maximum absolute atomic E-state index is 13.1. The number of rotatable bonds is 5. The first kappa shape index (κ1) is 15.7. The van der Waals surface area contributed by atoms with E-state index in [1.807, 2.05) is 7.05 Å². The molecule has 1 amide bonds. The van der Waals surface area contributed by atoms with Gasteiger partial charge in [0.2, 0.25) is 12.3 Å². The van der Waals surface area contributed by atoms with Crippen LogP contribution in [0.4, 0.5) is 0 Å². The van der Waals surface area contributed by atoms with Crippen molar-refractivity contribution in [1.29, 1.82) is 0 Å². The molecule has 0 bridgehead atoms. The molecule has 0 radical (unpaired) electrons. The van der Waals surface area contributed by atoms with E-state index in [1.165, 1.54) is 12.0 Å². The van der Waals surface area contributed by atoms with Crippen molar-refractivity contribution < 1.29 is 9.32 Å². The number of likely N-dealkylation sites (N-methyl/N-ethyl adjacent to an activating group) is 1. The number of nitrogens with zero attached hydrogens (tertiary/aromatic N) is 3. The van der Waals surface area contributed by atoms with Gasteiger partial charge >= 0.3 is 0 Å². The van der Waals surface area contributed by atoms with Gasteiger partial charge in [-0.2, -0.15) is 4.98 Å². The van der Waals surface area contributed by atoms with Gasteiger partial charge in [-0.1, -0.05) is 48.8 Å². The van der Waals surface area contributed by atoms with Crippen LogP contribution in [0.25, 0.3) is 0 Å². The average Bonchev–Trinajstić information content (AvgIpc) is 2.90. The molecule has 5 heteroatoms. The Morgan fingerprint density at radius 1 is 1.30 bits per heavy atom. The second-order valence-electron chi connectivity index (χ2n) is 7.16. The average molecular weight is 313 g/mol. The molecule has 1 atom stereocenters. The normalized spacial score (nSPS) is 21.9. The molecule has 23 heavy (non-hydrogen) atoms. The van der Waals surface area contributed by atoms with Crippen molar-refractivity contribution in [3.8, 4) is 0 Å². The summed E-state index contributed by atoms with van der Waals surface area (Å²) in [6, 6.07) is 8.35. The number of amides is 1. The Morgan fingerprint density at radius 3 is 2.48 bits per heavy atom. The number of benzene rings is 1. The van der Waals surface area contributed by atoms with Crippen LogP contribution in [0, 0.1) is 12.3 Å². The summed E-state index contributed by atoms with van der Waals surface area (Å²) < 4.78 is 4.74. The van der Waals surface area contributed by atoms with Crippen LogP contribution in [0.5, 0.6) is 0 Å². The van der Waals surface area contributed by atoms with Crippen molar-refractivity contribution in [2.24, 2.45) is 5.41 Å². The summed E-state index contributed by atoms with van der Waals surface area (Å²) in [5, 5.41) is 3.80. The summed E-state index contributed by atoms with van der Waals surface area (Å²) in [4.78, 5) is 19.0. The topological polar surface area (TPSA) is 59.2 Å². The van der Waals surface area contributed by atoms with Gasteiger partial charge in [-0.3, -0.25) is 4.79 Å². The molecule has 0 unspecified atom stereocenters. The van der Waals surface area contributed by atoms with Gasteiger partial charge in [0.25, 0.3) is 0 Å². The molecule has 1 heterocycles. The van der Waals surface area contributed by atoms with Crippen LogP contribution in [-0.2, 0) is 16.6 Å². The van der Waals surface area contributed by atoms with E-state index in [9.17, 15) is 4.79 Å². The highest BCUT2D eigenvalue weighted by molar-refractivity contribution is 5.93. The van der Waals surface area contributed by atoms with Gasteiger partial charge in [0, 0.05) is 20.0 Å². The molecule has 3 rings (SSSR count). The summed E-state index contributed by atoms with van der Waals surface area (Å²) in [6.45, 7) is 6.98. The Bertz CT molecular complexity index is 692. The third-order valence-electron chi connectivity index (χ3n) is 5.07. The van der Waals surface area contributed by atoms with Gasteiger partial charge in [-0.05, 0) is 24.3 Å². The fraction of sp³-hybridized carbons (Fsp3) is 0.500. The van der Waals surface area contributed by atoms with E-state index in [2.05, 4.69) is 55.2 Å². The van der Waals surface area contributed by atoms with Crippen molar-refractivity contribution in [2.45, 2.75) is 39.0 Å². The van der Waals surface area contributed by atoms with Crippen LogP contribution in [0.2, 0.25) is 0 Å². The first-order chi connectivity index (χ1) is 10.9. The molecule has 122 valence electrons. The van der Waals surface area contributed by atoms with Gasteiger partial charge in [0.05, 0.1) is 5.41 Å². The molecule has 1 aromatic carbocycles. The van der Waals surface area contributed by atoms with Crippen LogP contribution in [0.1, 0.15) is 37.2 Å². The van der Waals surface area contributed by atoms with Crippen molar-refractivity contribution >= 4 is 5.91 Å². The Balaban J connectivity index is 1.78. The van der Waals surface area contributed by atoms with E-state index in [0.29, 0.717) is 18.8 Å². The molecule has 1 aliphatic rings. The molecule has 0 aliphatic heterocycles. The van der Waals surface area contributed by atoms with Crippen LogP contribution in [-0.4, -0.2) is 34.5 Å². The van der Waals surface area contributed by atoms with Crippen LogP contribution >= 0.6 is 0 Å². The van der Waals surface area contributed by atoms with Gasteiger partial charge in [-0.15, -0.1) is 0 Å². The summed E-state index contributed by atoms with van der Waals surface area (Å²) in [5.74, 6) is 0.805. The molecule has 1 aliphatic carbocycles. The molecule has 0 N–H and O–H groups in total. The molecule has 0 saturated heterocycles. The summed E-state index contributed by atoms with van der Waals surface area (Å²) in [6.07, 6.45) is 2.80. The van der Waals surface area contributed by atoms with Crippen LogP contribution in [0.3, 0.4) is 0 Å².